The topological polar surface area (TPSA) is 139 Å². The van der Waals surface area contributed by atoms with Gasteiger partial charge < -0.3 is 24.7 Å². The number of oxazole rings is 1. The van der Waals surface area contributed by atoms with Gasteiger partial charge in [-0.2, -0.15) is 0 Å². The number of carboxylic acids is 2. The molecule has 0 saturated carbocycles. The Labute approximate surface area is 213 Å². The van der Waals surface area contributed by atoms with Gasteiger partial charge in [-0.05, 0) is 72.9 Å². The summed E-state index contributed by atoms with van der Waals surface area (Å²) in [6, 6.07) is 18.4. The molecule has 1 unspecified atom stereocenters. The van der Waals surface area contributed by atoms with Crippen LogP contribution in [-0.4, -0.2) is 45.7 Å². The van der Waals surface area contributed by atoms with E-state index < -0.39 is 23.9 Å². The molecular formula is C28H28N2O7. The van der Waals surface area contributed by atoms with Crippen molar-refractivity contribution in [2.24, 2.45) is 0 Å². The lowest BCUT2D eigenvalue weighted by Gasteiger charge is -2.13. The molecule has 37 heavy (non-hydrogen) atoms. The van der Waals surface area contributed by atoms with Crippen molar-refractivity contribution in [2.45, 2.75) is 44.6 Å². The molecule has 0 aliphatic heterocycles. The van der Waals surface area contributed by atoms with Crippen LogP contribution < -0.4 is 10.1 Å². The molecule has 1 heterocycles. The van der Waals surface area contributed by atoms with Crippen LogP contribution in [0, 0.1) is 0 Å². The highest BCUT2D eigenvalue weighted by Crippen LogP contribution is 2.29. The van der Waals surface area contributed by atoms with Crippen molar-refractivity contribution in [3.05, 3.63) is 60.7 Å². The van der Waals surface area contributed by atoms with Gasteiger partial charge in [0.15, 0.2) is 5.58 Å². The summed E-state index contributed by atoms with van der Waals surface area (Å²) in [7, 11) is 0. The number of carbonyl (C=O) groups excluding carboxylic acids is 1. The van der Waals surface area contributed by atoms with Gasteiger partial charge in [-0.25, -0.2) is 9.78 Å². The SMILES string of the molecule is O=C(O)CCC(NC(=O)CCCCCOc1ccc2cc(-c3nc4ccccc4o3)ccc2c1)C(=O)O. The van der Waals surface area contributed by atoms with Gasteiger partial charge in [-0.15, -0.1) is 0 Å². The maximum Gasteiger partial charge on any atom is 0.326 e. The lowest BCUT2D eigenvalue weighted by Crippen LogP contribution is -2.41. The third kappa shape index (κ3) is 7.07. The number of amides is 1. The van der Waals surface area contributed by atoms with Crippen molar-refractivity contribution in [2.75, 3.05) is 6.61 Å². The number of aliphatic carboxylic acids is 2. The number of rotatable bonds is 13. The van der Waals surface area contributed by atoms with Crippen LogP contribution >= 0.6 is 0 Å². The number of carboxylic acid groups (broad SMARTS) is 2. The van der Waals surface area contributed by atoms with Gasteiger partial charge in [0, 0.05) is 18.4 Å². The van der Waals surface area contributed by atoms with Crippen molar-refractivity contribution in [1.82, 2.24) is 10.3 Å². The quantitative estimate of drug-likeness (QED) is 0.216. The number of fused-ring (bicyclic) bond motifs is 2. The fourth-order valence-electron chi connectivity index (χ4n) is 3.99. The number of ether oxygens (including phenoxy) is 1. The predicted molar refractivity (Wildman–Crippen MR) is 137 cm³/mol. The third-order valence-corrected chi connectivity index (χ3v) is 5.95. The van der Waals surface area contributed by atoms with Crippen LogP contribution in [0.25, 0.3) is 33.3 Å². The van der Waals surface area contributed by atoms with Crippen LogP contribution in [0.15, 0.2) is 65.1 Å². The zero-order valence-electron chi connectivity index (χ0n) is 20.2. The number of unbranched alkanes of at least 4 members (excludes halogenated alkanes) is 2. The van der Waals surface area contributed by atoms with Crippen LogP contribution in [0.3, 0.4) is 0 Å². The lowest BCUT2D eigenvalue weighted by atomic mass is 10.1. The van der Waals surface area contributed by atoms with E-state index in [1.54, 1.807) is 0 Å². The van der Waals surface area contributed by atoms with Crippen LogP contribution in [0.2, 0.25) is 0 Å². The number of hydrogen-bond acceptors (Lipinski definition) is 6. The van der Waals surface area contributed by atoms with Crippen molar-refractivity contribution in [3.8, 4) is 17.2 Å². The smallest absolute Gasteiger partial charge is 0.326 e. The molecule has 4 rings (SSSR count). The van der Waals surface area contributed by atoms with E-state index in [1.807, 2.05) is 60.7 Å². The van der Waals surface area contributed by atoms with E-state index in [-0.39, 0.29) is 19.3 Å². The van der Waals surface area contributed by atoms with Crippen molar-refractivity contribution in [3.63, 3.8) is 0 Å². The second kappa shape index (κ2) is 12.0. The molecular weight excluding hydrogens is 476 g/mol. The van der Waals surface area contributed by atoms with E-state index >= 15 is 0 Å². The second-order valence-electron chi connectivity index (χ2n) is 8.76. The minimum absolute atomic E-state index is 0.145. The first-order valence-corrected chi connectivity index (χ1v) is 12.2. The van der Waals surface area contributed by atoms with Crippen LogP contribution in [0.1, 0.15) is 38.5 Å². The summed E-state index contributed by atoms with van der Waals surface area (Å²) >= 11 is 0. The first-order valence-electron chi connectivity index (χ1n) is 12.2. The monoisotopic (exact) mass is 504 g/mol. The molecule has 0 fully saturated rings. The molecule has 0 bridgehead atoms. The number of hydrogen-bond donors (Lipinski definition) is 3. The van der Waals surface area contributed by atoms with E-state index in [0.717, 1.165) is 46.0 Å². The number of para-hydroxylation sites is 2. The summed E-state index contributed by atoms with van der Waals surface area (Å²) in [5, 5.41) is 22.3. The Bertz CT molecular complexity index is 1380. The number of benzene rings is 3. The van der Waals surface area contributed by atoms with Gasteiger partial charge in [0.1, 0.15) is 17.3 Å². The molecule has 0 spiro atoms. The molecule has 1 amide bonds. The van der Waals surface area contributed by atoms with E-state index in [2.05, 4.69) is 10.3 Å². The summed E-state index contributed by atoms with van der Waals surface area (Å²) in [5.41, 5.74) is 2.47. The maximum absolute atomic E-state index is 12.0. The first kappa shape index (κ1) is 25.7. The Balaban J connectivity index is 1.21. The Morgan fingerprint density at radius 3 is 2.49 bits per heavy atom. The molecule has 3 N–H and O–H groups in total. The number of aromatic nitrogens is 1. The van der Waals surface area contributed by atoms with Gasteiger partial charge in [-0.3, -0.25) is 9.59 Å². The predicted octanol–water partition coefficient (Wildman–Crippen LogP) is 5.02. The van der Waals surface area contributed by atoms with Crippen LogP contribution in [0.4, 0.5) is 0 Å². The van der Waals surface area contributed by atoms with Gasteiger partial charge in [0.2, 0.25) is 11.8 Å². The van der Waals surface area contributed by atoms with Crippen LogP contribution in [-0.2, 0) is 14.4 Å². The molecule has 1 atom stereocenters. The Kier molecular flexibility index (Phi) is 8.35. The van der Waals surface area contributed by atoms with Gasteiger partial charge >= 0.3 is 11.9 Å². The zero-order valence-corrected chi connectivity index (χ0v) is 20.2. The minimum Gasteiger partial charge on any atom is -0.494 e. The fourth-order valence-corrected chi connectivity index (χ4v) is 3.99. The molecule has 1 aromatic heterocycles. The molecule has 192 valence electrons. The molecule has 9 heteroatoms. The summed E-state index contributed by atoms with van der Waals surface area (Å²) in [6.07, 6.45) is 1.77. The first-order chi connectivity index (χ1) is 17.9. The highest BCUT2D eigenvalue weighted by atomic mass is 16.5. The van der Waals surface area contributed by atoms with Gasteiger partial charge in [0.05, 0.1) is 6.61 Å². The molecule has 9 nitrogen and oxygen atoms in total. The average molecular weight is 505 g/mol. The highest BCUT2D eigenvalue weighted by Gasteiger charge is 2.20. The number of carbonyl (C=O) groups is 3. The standard InChI is InChI=1S/C28H28N2O7/c31-25(29-23(28(34)35)13-14-26(32)33)8-2-1-5-15-36-21-12-11-18-16-20(10-9-19(18)17-21)27-30-22-6-3-4-7-24(22)37-27/h3-4,6-7,9-12,16-17,23H,1-2,5,8,13-15H2,(H,29,31)(H,32,33)(H,34,35). The van der Waals surface area contributed by atoms with E-state index in [4.69, 9.17) is 19.4 Å². The Morgan fingerprint density at radius 2 is 1.70 bits per heavy atom. The second-order valence-corrected chi connectivity index (χ2v) is 8.76. The summed E-state index contributed by atoms with van der Waals surface area (Å²) in [6.45, 7) is 0.491. The van der Waals surface area contributed by atoms with E-state index in [0.29, 0.717) is 18.9 Å². The zero-order chi connectivity index (χ0) is 26.2. The van der Waals surface area contributed by atoms with E-state index in [9.17, 15) is 14.4 Å². The molecule has 0 aliphatic rings. The van der Waals surface area contributed by atoms with E-state index in [1.165, 1.54) is 0 Å². The highest BCUT2D eigenvalue weighted by molar-refractivity contribution is 5.88. The third-order valence-electron chi connectivity index (χ3n) is 5.95. The summed E-state index contributed by atoms with van der Waals surface area (Å²) in [5.74, 6) is -1.40. The fraction of sp³-hybridized carbons (Fsp3) is 0.286. The van der Waals surface area contributed by atoms with Crippen LogP contribution in [0.5, 0.6) is 5.75 Å². The maximum atomic E-state index is 12.0. The van der Waals surface area contributed by atoms with Gasteiger partial charge in [0.25, 0.3) is 0 Å². The minimum atomic E-state index is -1.24. The molecule has 0 saturated heterocycles. The largest absolute Gasteiger partial charge is 0.494 e. The normalized spacial score (nSPS) is 11.9. The summed E-state index contributed by atoms with van der Waals surface area (Å²) < 4.78 is 11.7. The number of nitrogens with one attached hydrogen (secondary N) is 1. The molecule has 0 radical (unpaired) electrons. The summed E-state index contributed by atoms with van der Waals surface area (Å²) in [4.78, 5) is 38.3. The molecule has 0 aliphatic carbocycles. The lowest BCUT2D eigenvalue weighted by molar-refractivity contribution is -0.143. The van der Waals surface area contributed by atoms with Crippen molar-refractivity contribution < 1.29 is 33.8 Å². The Morgan fingerprint density at radius 1 is 0.919 bits per heavy atom. The van der Waals surface area contributed by atoms with Crippen molar-refractivity contribution >= 4 is 39.7 Å². The van der Waals surface area contributed by atoms with Gasteiger partial charge in [-0.1, -0.05) is 24.3 Å². The Hall–Kier alpha value is -4.40. The molecule has 4 aromatic rings. The molecule has 3 aromatic carbocycles. The number of nitrogens with zero attached hydrogens (tertiary/aromatic N) is 1. The van der Waals surface area contributed by atoms with Crippen molar-refractivity contribution in [1.29, 1.82) is 0 Å². The average Bonchev–Trinajstić information content (AvgIpc) is 3.32.